The Morgan fingerprint density at radius 1 is 0.912 bits per heavy atom. The van der Waals surface area contributed by atoms with Crippen LogP contribution in [0.5, 0.6) is 11.5 Å². The second-order valence-electron chi connectivity index (χ2n) is 13.1. The Balaban J connectivity index is 1.30. The lowest BCUT2D eigenvalue weighted by atomic mass is 10.1. The van der Waals surface area contributed by atoms with E-state index in [9.17, 15) is 38.9 Å². The van der Waals surface area contributed by atoms with Crippen molar-refractivity contribution in [3.63, 3.8) is 0 Å². The number of hydrogen-bond donors (Lipinski definition) is 2. The highest BCUT2D eigenvalue weighted by Gasteiger charge is 2.37. The van der Waals surface area contributed by atoms with E-state index in [1.807, 2.05) is 19.1 Å². The lowest BCUT2D eigenvalue weighted by molar-refractivity contribution is -0.383. The first kappa shape index (κ1) is 41.1. The zero-order valence-electron chi connectivity index (χ0n) is 32.0. The summed E-state index contributed by atoms with van der Waals surface area (Å²) in [5.74, 6) is -3.66. The fraction of sp³-hybridized carbons (Fsp3) is 0.268. The van der Waals surface area contributed by atoms with Gasteiger partial charge in [0.25, 0.3) is 29.3 Å². The number of para-hydroxylation sites is 1. The van der Waals surface area contributed by atoms with E-state index >= 15 is 0 Å². The molecule has 1 atom stereocenters. The molecule has 57 heavy (non-hydrogen) atoms. The number of rotatable bonds is 16. The third-order valence-electron chi connectivity index (χ3n) is 9.13. The van der Waals surface area contributed by atoms with Gasteiger partial charge in [0.1, 0.15) is 23.7 Å². The quantitative estimate of drug-likeness (QED) is 0.0442. The number of hydrogen-bond acceptors (Lipinski definition) is 11. The number of nitrogens with zero attached hydrogens (tertiary/aromatic N) is 3. The minimum absolute atomic E-state index is 0.0836. The standard InChI is InChI=1S/C41H41N5O11/c1-6-56-41(52)25(3)11-10-20-57-34-21-24(2)16-19-31(34)44(4)38(49)26-17-18-30(33(22-26)55-5)42-37(48)29-14-9-15-32(46(53)54)36(29)43-35(47)23-45-39(50)27-12-7-8-13-28(27)40(45)51/h7-9,12-19,21-22,25H,6,10-11,20,23H2,1-5H3,(H,42,48)(H,43,47). The average molecular weight is 780 g/mol. The molecule has 296 valence electrons. The smallest absolute Gasteiger partial charge is 0.308 e. The van der Waals surface area contributed by atoms with Crippen molar-refractivity contribution in [2.75, 3.05) is 49.4 Å². The molecule has 5 amide bonds. The number of anilines is 3. The Morgan fingerprint density at radius 3 is 2.26 bits per heavy atom. The summed E-state index contributed by atoms with van der Waals surface area (Å²) in [5.41, 5.74) is 0.561. The molecule has 0 saturated carbocycles. The van der Waals surface area contributed by atoms with Crippen molar-refractivity contribution in [3.8, 4) is 11.5 Å². The van der Waals surface area contributed by atoms with E-state index in [-0.39, 0.29) is 45.6 Å². The molecule has 4 aromatic carbocycles. The van der Waals surface area contributed by atoms with Crippen LogP contribution in [0.25, 0.3) is 0 Å². The van der Waals surface area contributed by atoms with Gasteiger partial charge in [0.05, 0.1) is 59.2 Å². The monoisotopic (exact) mass is 779 g/mol. The van der Waals surface area contributed by atoms with Crippen molar-refractivity contribution in [2.24, 2.45) is 5.92 Å². The number of nitro benzene ring substituents is 1. The summed E-state index contributed by atoms with van der Waals surface area (Å²) in [6.07, 6.45) is 1.14. The van der Waals surface area contributed by atoms with Crippen LogP contribution in [0, 0.1) is 23.0 Å². The van der Waals surface area contributed by atoms with Crippen LogP contribution in [-0.4, -0.2) is 79.2 Å². The predicted octanol–water partition coefficient (Wildman–Crippen LogP) is 6.03. The van der Waals surface area contributed by atoms with Crippen LogP contribution < -0.4 is 25.0 Å². The molecule has 1 heterocycles. The molecule has 1 unspecified atom stereocenters. The van der Waals surface area contributed by atoms with Gasteiger partial charge in [-0.2, -0.15) is 0 Å². The molecule has 16 heteroatoms. The Bertz CT molecular complexity index is 2220. The molecular formula is C41H41N5O11. The Hall–Kier alpha value is -7.10. The van der Waals surface area contributed by atoms with E-state index < -0.39 is 52.4 Å². The molecule has 5 rings (SSSR count). The fourth-order valence-corrected chi connectivity index (χ4v) is 6.13. The predicted molar refractivity (Wildman–Crippen MR) is 209 cm³/mol. The van der Waals surface area contributed by atoms with Gasteiger partial charge in [0, 0.05) is 18.7 Å². The van der Waals surface area contributed by atoms with Crippen molar-refractivity contribution in [1.29, 1.82) is 0 Å². The molecule has 0 aromatic heterocycles. The third kappa shape index (κ3) is 9.24. The molecule has 0 aliphatic carbocycles. The van der Waals surface area contributed by atoms with Crippen molar-refractivity contribution < 1.29 is 47.9 Å². The second kappa shape index (κ2) is 18.0. The summed E-state index contributed by atoms with van der Waals surface area (Å²) in [6, 6.07) is 19.3. The minimum atomic E-state index is -0.955. The van der Waals surface area contributed by atoms with Crippen LogP contribution in [0.15, 0.2) is 78.9 Å². The molecule has 1 aliphatic heterocycles. The number of nitrogens with one attached hydrogen (secondary N) is 2. The highest BCUT2D eigenvalue weighted by molar-refractivity contribution is 6.23. The number of imide groups is 1. The maximum Gasteiger partial charge on any atom is 0.308 e. The molecule has 2 N–H and O–H groups in total. The summed E-state index contributed by atoms with van der Waals surface area (Å²) in [7, 11) is 2.91. The minimum Gasteiger partial charge on any atom is -0.495 e. The first-order chi connectivity index (χ1) is 27.2. The molecule has 0 fully saturated rings. The first-order valence-corrected chi connectivity index (χ1v) is 18.0. The number of fused-ring (bicyclic) bond motifs is 1. The van der Waals surface area contributed by atoms with Crippen LogP contribution in [0.1, 0.15) is 73.7 Å². The molecule has 0 bridgehead atoms. The van der Waals surface area contributed by atoms with Crippen LogP contribution in [-0.2, 0) is 14.3 Å². The van der Waals surface area contributed by atoms with E-state index in [4.69, 9.17) is 14.2 Å². The van der Waals surface area contributed by atoms with Crippen molar-refractivity contribution >= 4 is 58.3 Å². The summed E-state index contributed by atoms with van der Waals surface area (Å²) >= 11 is 0. The summed E-state index contributed by atoms with van der Waals surface area (Å²) in [6.45, 7) is 5.29. The van der Waals surface area contributed by atoms with E-state index in [2.05, 4.69) is 10.6 Å². The molecule has 0 saturated heterocycles. The van der Waals surface area contributed by atoms with Gasteiger partial charge in [-0.05, 0) is 80.8 Å². The molecular weight excluding hydrogens is 738 g/mol. The number of esters is 1. The number of carbonyl (C=O) groups is 6. The van der Waals surface area contributed by atoms with Gasteiger partial charge in [0.2, 0.25) is 5.91 Å². The lowest BCUT2D eigenvalue weighted by Gasteiger charge is -2.22. The van der Waals surface area contributed by atoms with Crippen molar-refractivity contribution in [1.82, 2.24) is 4.90 Å². The Morgan fingerprint density at radius 2 is 1.61 bits per heavy atom. The highest BCUT2D eigenvalue weighted by Crippen LogP contribution is 2.34. The highest BCUT2D eigenvalue weighted by atomic mass is 16.6. The van der Waals surface area contributed by atoms with Crippen molar-refractivity contribution in [2.45, 2.75) is 33.6 Å². The van der Waals surface area contributed by atoms with Gasteiger partial charge < -0.3 is 29.7 Å². The zero-order chi connectivity index (χ0) is 41.4. The number of aryl methyl sites for hydroxylation is 1. The Kier molecular flexibility index (Phi) is 13.0. The van der Waals surface area contributed by atoms with Gasteiger partial charge in [0.15, 0.2) is 0 Å². The lowest BCUT2D eigenvalue weighted by Crippen LogP contribution is -2.37. The van der Waals surface area contributed by atoms with Crippen LogP contribution in [0.3, 0.4) is 0 Å². The van der Waals surface area contributed by atoms with Gasteiger partial charge >= 0.3 is 5.97 Å². The number of ether oxygens (including phenoxy) is 3. The largest absolute Gasteiger partial charge is 0.495 e. The number of amides is 5. The third-order valence-corrected chi connectivity index (χ3v) is 9.13. The first-order valence-electron chi connectivity index (χ1n) is 18.0. The number of benzene rings is 4. The summed E-state index contributed by atoms with van der Waals surface area (Å²) < 4.78 is 16.6. The van der Waals surface area contributed by atoms with E-state index in [0.717, 1.165) is 11.6 Å². The molecule has 0 spiro atoms. The second-order valence-corrected chi connectivity index (χ2v) is 13.1. The van der Waals surface area contributed by atoms with Crippen molar-refractivity contribution in [3.05, 3.63) is 117 Å². The maximum atomic E-state index is 13.8. The van der Waals surface area contributed by atoms with Gasteiger partial charge in [-0.1, -0.05) is 31.2 Å². The van der Waals surface area contributed by atoms with Gasteiger partial charge in [-0.15, -0.1) is 0 Å². The average Bonchev–Trinajstić information content (AvgIpc) is 3.43. The fourth-order valence-electron chi connectivity index (χ4n) is 6.13. The zero-order valence-corrected chi connectivity index (χ0v) is 32.0. The van der Waals surface area contributed by atoms with E-state index in [0.29, 0.717) is 42.4 Å². The van der Waals surface area contributed by atoms with Gasteiger partial charge in [-0.3, -0.25) is 43.8 Å². The van der Waals surface area contributed by atoms with Crippen LogP contribution in [0.4, 0.5) is 22.7 Å². The topological polar surface area (TPSA) is 204 Å². The SMILES string of the molecule is CCOC(=O)C(C)CCCOc1cc(C)ccc1N(C)C(=O)c1ccc(NC(=O)c2cccc([N+](=O)[O-])c2NC(=O)CN2C(=O)c3ccccc3C2=O)c(OC)c1. The van der Waals surface area contributed by atoms with E-state index in [1.54, 1.807) is 39.1 Å². The molecule has 0 radical (unpaired) electrons. The number of nitro groups is 1. The summed E-state index contributed by atoms with van der Waals surface area (Å²) in [5, 5.41) is 16.9. The maximum absolute atomic E-state index is 13.8. The normalized spacial score (nSPS) is 12.3. The van der Waals surface area contributed by atoms with Gasteiger partial charge in [-0.25, -0.2) is 0 Å². The number of carbonyl (C=O) groups excluding carboxylic acids is 6. The van der Waals surface area contributed by atoms with Crippen LogP contribution in [0.2, 0.25) is 0 Å². The molecule has 1 aliphatic rings. The summed E-state index contributed by atoms with van der Waals surface area (Å²) in [4.78, 5) is 91.5. The molecule has 16 nitrogen and oxygen atoms in total. The van der Waals surface area contributed by atoms with Crippen LogP contribution >= 0.6 is 0 Å². The van der Waals surface area contributed by atoms with E-state index in [1.165, 1.54) is 54.5 Å². The molecule has 4 aromatic rings. The Labute approximate surface area is 327 Å². The number of methoxy groups -OCH3 is 1.